The smallest absolute Gasteiger partial charge is 0.250 e. The fourth-order valence-corrected chi connectivity index (χ4v) is 5.06. The van der Waals surface area contributed by atoms with Gasteiger partial charge in [-0.15, -0.1) is 11.3 Å². The minimum absolute atomic E-state index is 0.347. The van der Waals surface area contributed by atoms with Crippen LogP contribution in [-0.2, 0) is 13.2 Å². The summed E-state index contributed by atoms with van der Waals surface area (Å²) in [6.45, 7) is 3.22. The number of amides is 1. The van der Waals surface area contributed by atoms with Crippen molar-refractivity contribution >= 4 is 28.8 Å². The van der Waals surface area contributed by atoms with Gasteiger partial charge in [0.25, 0.3) is 5.91 Å². The zero-order valence-corrected chi connectivity index (χ0v) is 18.6. The normalized spacial score (nSPS) is 14.7. The van der Waals surface area contributed by atoms with E-state index in [1.807, 2.05) is 36.6 Å². The average Bonchev–Trinajstić information content (AvgIpc) is 3.33. The molecule has 1 fully saturated rings. The molecule has 4 rings (SSSR count). The van der Waals surface area contributed by atoms with Crippen molar-refractivity contribution in [3.63, 3.8) is 0 Å². The summed E-state index contributed by atoms with van der Waals surface area (Å²) < 4.78 is 8.05. The summed E-state index contributed by atoms with van der Waals surface area (Å²) in [5.41, 5.74) is 8.93. The lowest BCUT2D eigenvalue weighted by Crippen LogP contribution is -2.17. The molecule has 0 atom stereocenters. The van der Waals surface area contributed by atoms with E-state index in [0.717, 1.165) is 28.6 Å². The lowest BCUT2D eigenvalue weighted by atomic mass is 9.89. The molecule has 1 amide bonds. The van der Waals surface area contributed by atoms with Crippen LogP contribution in [0, 0.1) is 12.8 Å². The van der Waals surface area contributed by atoms with Gasteiger partial charge >= 0.3 is 0 Å². The Labute approximate surface area is 185 Å². The van der Waals surface area contributed by atoms with E-state index in [4.69, 9.17) is 27.1 Å². The van der Waals surface area contributed by atoms with Gasteiger partial charge in [-0.05, 0) is 43.9 Å². The Morgan fingerprint density at radius 1 is 1.30 bits per heavy atom. The summed E-state index contributed by atoms with van der Waals surface area (Å²) in [5.74, 6) is 0.878. The van der Waals surface area contributed by atoms with Gasteiger partial charge in [-0.2, -0.15) is 0 Å². The van der Waals surface area contributed by atoms with Gasteiger partial charge in [0.05, 0.1) is 22.0 Å². The molecule has 0 bridgehead atoms. The molecule has 0 radical (unpaired) electrons. The monoisotopic (exact) mass is 443 g/mol. The van der Waals surface area contributed by atoms with Crippen LogP contribution in [0.5, 0.6) is 5.75 Å². The lowest BCUT2D eigenvalue weighted by molar-refractivity contribution is 0.0999. The number of hydrogen-bond donors (Lipinski definition) is 1. The highest BCUT2D eigenvalue weighted by molar-refractivity contribution is 7.09. The van der Waals surface area contributed by atoms with Crippen LogP contribution in [0.25, 0.3) is 11.4 Å². The van der Waals surface area contributed by atoms with Crippen LogP contribution in [0.4, 0.5) is 0 Å². The number of nitrogens with zero attached hydrogens (tertiary/aromatic N) is 2. The Morgan fingerprint density at radius 3 is 2.80 bits per heavy atom. The van der Waals surface area contributed by atoms with Gasteiger partial charge in [-0.25, -0.2) is 4.98 Å². The molecule has 7 heteroatoms. The number of carbonyl (C=O) groups excluding carboxylic acids is 1. The molecular formula is C23H26ClN3O2S. The molecular weight excluding hydrogens is 418 g/mol. The Kier molecular flexibility index (Phi) is 6.44. The molecule has 5 nitrogen and oxygen atoms in total. The van der Waals surface area contributed by atoms with Gasteiger partial charge in [0, 0.05) is 17.6 Å². The standard InChI is InChI=1S/C23H26ClN3O2S/c1-15-17(23(25)28)11-20(27(15)12-16-7-3-2-4-8-16)19-14-30-22(26-19)13-29-21-10-6-5-9-18(21)24/h5-6,9-11,14,16H,2-4,7-8,12-13H2,1H3,(H2,25,28). The third kappa shape index (κ3) is 4.55. The van der Waals surface area contributed by atoms with Crippen LogP contribution < -0.4 is 10.5 Å². The van der Waals surface area contributed by atoms with Gasteiger partial charge in [0.15, 0.2) is 0 Å². The molecule has 0 unspecified atom stereocenters. The molecule has 1 aromatic carbocycles. The van der Waals surface area contributed by atoms with Gasteiger partial charge in [0.1, 0.15) is 17.4 Å². The summed E-state index contributed by atoms with van der Waals surface area (Å²) in [5, 5.41) is 3.45. The largest absolute Gasteiger partial charge is 0.485 e. The number of primary amides is 1. The van der Waals surface area contributed by atoms with Crippen LogP contribution in [-0.4, -0.2) is 15.5 Å². The second kappa shape index (κ2) is 9.23. The molecule has 0 aliphatic heterocycles. The maximum absolute atomic E-state index is 12.0. The molecule has 2 heterocycles. The third-order valence-electron chi connectivity index (χ3n) is 5.80. The van der Waals surface area contributed by atoms with Crippen LogP contribution in [0.15, 0.2) is 35.7 Å². The van der Waals surface area contributed by atoms with Gasteiger partial charge in [-0.3, -0.25) is 4.79 Å². The maximum Gasteiger partial charge on any atom is 0.250 e. The van der Waals surface area contributed by atoms with E-state index in [1.165, 1.54) is 43.4 Å². The van der Waals surface area contributed by atoms with Crippen LogP contribution >= 0.6 is 22.9 Å². The van der Waals surface area contributed by atoms with Crippen molar-refractivity contribution in [3.05, 3.63) is 57.0 Å². The number of aromatic nitrogens is 2. The van der Waals surface area contributed by atoms with Crippen molar-refractivity contribution < 1.29 is 9.53 Å². The summed E-state index contributed by atoms with van der Waals surface area (Å²) in [6.07, 6.45) is 6.35. The number of halogens is 1. The van der Waals surface area contributed by atoms with Crippen molar-refractivity contribution in [2.45, 2.75) is 52.2 Å². The van der Waals surface area contributed by atoms with Crippen molar-refractivity contribution in [1.29, 1.82) is 0 Å². The quantitative estimate of drug-likeness (QED) is 0.499. The van der Waals surface area contributed by atoms with Gasteiger partial charge < -0.3 is 15.0 Å². The predicted molar refractivity (Wildman–Crippen MR) is 121 cm³/mol. The van der Waals surface area contributed by atoms with E-state index >= 15 is 0 Å². The molecule has 30 heavy (non-hydrogen) atoms. The first-order valence-electron chi connectivity index (χ1n) is 10.3. The van der Waals surface area contributed by atoms with Crippen LogP contribution in [0.1, 0.15) is 53.2 Å². The molecule has 1 aliphatic rings. The fraction of sp³-hybridized carbons (Fsp3) is 0.391. The molecule has 0 saturated heterocycles. The number of rotatable bonds is 7. The highest BCUT2D eigenvalue weighted by Gasteiger charge is 2.22. The van der Waals surface area contributed by atoms with Gasteiger partial charge in [0.2, 0.25) is 0 Å². The highest BCUT2D eigenvalue weighted by atomic mass is 35.5. The van der Waals surface area contributed by atoms with E-state index in [-0.39, 0.29) is 0 Å². The zero-order chi connectivity index (χ0) is 21.1. The van der Waals surface area contributed by atoms with E-state index in [1.54, 1.807) is 6.07 Å². The molecule has 3 aromatic rings. The molecule has 0 spiro atoms. The average molecular weight is 444 g/mol. The van der Waals surface area contributed by atoms with E-state index in [0.29, 0.717) is 28.9 Å². The first kappa shape index (κ1) is 20.9. The molecule has 1 aliphatic carbocycles. The second-order valence-corrected chi connectivity index (χ2v) is 9.20. The maximum atomic E-state index is 12.0. The second-order valence-electron chi connectivity index (χ2n) is 7.85. The number of para-hydroxylation sites is 1. The minimum atomic E-state index is -0.395. The number of nitrogens with two attached hydrogens (primary N) is 1. The molecule has 2 N–H and O–H groups in total. The van der Waals surface area contributed by atoms with Gasteiger partial charge in [-0.1, -0.05) is 43.0 Å². The number of carbonyl (C=O) groups is 1. The summed E-state index contributed by atoms with van der Waals surface area (Å²) in [7, 11) is 0. The van der Waals surface area contributed by atoms with E-state index in [2.05, 4.69) is 4.57 Å². The predicted octanol–water partition coefficient (Wildman–Crippen LogP) is 5.83. The van der Waals surface area contributed by atoms with E-state index < -0.39 is 5.91 Å². The first-order chi connectivity index (χ1) is 14.5. The molecule has 158 valence electrons. The Hall–Kier alpha value is -2.31. The van der Waals surface area contributed by atoms with Crippen molar-refractivity contribution in [1.82, 2.24) is 9.55 Å². The van der Waals surface area contributed by atoms with Crippen LogP contribution in [0.2, 0.25) is 5.02 Å². The third-order valence-corrected chi connectivity index (χ3v) is 6.93. The Morgan fingerprint density at radius 2 is 2.07 bits per heavy atom. The SMILES string of the molecule is Cc1c(C(N)=O)cc(-c2csc(COc3ccccc3Cl)n2)n1CC1CCCCC1. The number of hydrogen-bond acceptors (Lipinski definition) is 4. The summed E-state index contributed by atoms with van der Waals surface area (Å²) >= 11 is 7.70. The topological polar surface area (TPSA) is 70.1 Å². The zero-order valence-electron chi connectivity index (χ0n) is 17.1. The number of benzene rings is 1. The lowest BCUT2D eigenvalue weighted by Gasteiger charge is -2.24. The number of ether oxygens (including phenoxy) is 1. The minimum Gasteiger partial charge on any atom is -0.485 e. The molecule has 2 aromatic heterocycles. The Bertz CT molecular complexity index is 1040. The first-order valence-corrected chi connectivity index (χ1v) is 11.6. The summed E-state index contributed by atoms with van der Waals surface area (Å²) in [6, 6.07) is 9.29. The summed E-state index contributed by atoms with van der Waals surface area (Å²) in [4.78, 5) is 16.7. The van der Waals surface area contributed by atoms with Crippen molar-refractivity contribution in [2.24, 2.45) is 11.7 Å². The van der Waals surface area contributed by atoms with Crippen molar-refractivity contribution in [3.8, 4) is 17.1 Å². The van der Waals surface area contributed by atoms with Crippen molar-refractivity contribution in [2.75, 3.05) is 0 Å². The van der Waals surface area contributed by atoms with E-state index in [9.17, 15) is 4.79 Å². The highest BCUT2D eigenvalue weighted by Crippen LogP contribution is 2.32. The fourth-order valence-electron chi connectivity index (χ4n) is 4.17. The molecule has 1 saturated carbocycles. The number of thiazole rings is 1. The van der Waals surface area contributed by atoms with Crippen LogP contribution in [0.3, 0.4) is 0 Å². The Balaban J connectivity index is 1.57.